The van der Waals surface area contributed by atoms with Crippen molar-refractivity contribution in [3.05, 3.63) is 0 Å². The number of hydrogen-bond donors (Lipinski definition) is 0. The summed E-state index contributed by atoms with van der Waals surface area (Å²) in [7, 11) is 0. The zero-order valence-electron chi connectivity index (χ0n) is 9.41. The molecule has 0 aromatic heterocycles. The Bertz CT molecular complexity index is 183. The predicted molar refractivity (Wildman–Crippen MR) is 58.5 cm³/mol. The highest BCUT2D eigenvalue weighted by Gasteiger charge is 2.14. The summed E-state index contributed by atoms with van der Waals surface area (Å²) in [5, 5.41) is 8.34. The lowest BCUT2D eigenvalue weighted by Crippen LogP contribution is -2.14. The topological polar surface area (TPSA) is 42.2 Å². The van der Waals surface area contributed by atoms with Gasteiger partial charge in [-0.1, -0.05) is 12.8 Å². The van der Waals surface area contributed by atoms with Crippen molar-refractivity contribution in [3.63, 3.8) is 0 Å². The van der Waals surface area contributed by atoms with Gasteiger partial charge in [0.05, 0.1) is 18.8 Å². The van der Waals surface area contributed by atoms with Gasteiger partial charge < -0.3 is 9.47 Å². The smallest absolute Gasteiger partial charge is 0.0809 e. The van der Waals surface area contributed by atoms with E-state index in [1.165, 1.54) is 12.8 Å². The van der Waals surface area contributed by atoms with Crippen LogP contribution in [0, 0.1) is 11.3 Å². The van der Waals surface area contributed by atoms with Gasteiger partial charge in [-0.15, -0.1) is 0 Å². The molecule has 1 aliphatic heterocycles. The van der Waals surface area contributed by atoms with Gasteiger partial charge >= 0.3 is 0 Å². The van der Waals surface area contributed by atoms with Crippen LogP contribution in [0.4, 0.5) is 0 Å². The van der Waals surface area contributed by atoms with E-state index >= 15 is 0 Å². The zero-order chi connectivity index (χ0) is 10.8. The number of nitrogens with zero attached hydrogens (tertiary/aromatic N) is 1. The summed E-state index contributed by atoms with van der Waals surface area (Å²) >= 11 is 0. The molecule has 0 bridgehead atoms. The molecule has 0 amide bonds. The maximum absolute atomic E-state index is 8.34. The molecule has 0 N–H and O–H groups in total. The molecule has 0 aromatic carbocycles. The van der Waals surface area contributed by atoms with E-state index in [2.05, 4.69) is 6.07 Å². The Hall–Kier alpha value is -0.590. The van der Waals surface area contributed by atoms with Crippen LogP contribution < -0.4 is 0 Å². The minimum absolute atomic E-state index is 0.351. The second-order valence-corrected chi connectivity index (χ2v) is 4.03. The van der Waals surface area contributed by atoms with E-state index in [1.54, 1.807) is 0 Å². The average molecular weight is 211 g/mol. The number of ether oxygens (including phenoxy) is 2. The zero-order valence-corrected chi connectivity index (χ0v) is 9.41. The van der Waals surface area contributed by atoms with E-state index in [-0.39, 0.29) is 0 Å². The molecular formula is C12H21NO2. The quantitative estimate of drug-likeness (QED) is 0.580. The molecule has 0 aliphatic carbocycles. The van der Waals surface area contributed by atoms with Crippen molar-refractivity contribution in [2.45, 2.75) is 51.0 Å². The number of rotatable bonds is 8. The molecule has 0 saturated carbocycles. The molecular weight excluding hydrogens is 190 g/mol. The highest BCUT2D eigenvalue weighted by atomic mass is 16.5. The summed E-state index contributed by atoms with van der Waals surface area (Å²) in [6, 6.07) is 2.16. The lowest BCUT2D eigenvalue weighted by atomic mass is 10.2. The van der Waals surface area contributed by atoms with E-state index in [4.69, 9.17) is 14.7 Å². The van der Waals surface area contributed by atoms with Gasteiger partial charge in [-0.3, -0.25) is 0 Å². The second-order valence-electron chi connectivity index (χ2n) is 4.03. The summed E-state index contributed by atoms with van der Waals surface area (Å²) in [5.41, 5.74) is 0. The van der Waals surface area contributed by atoms with Crippen molar-refractivity contribution in [3.8, 4) is 6.07 Å². The first-order valence-corrected chi connectivity index (χ1v) is 6.00. The van der Waals surface area contributed by atoms with Crippen molar-refractivity contribution in [1.82, 2.24) is 0 Å². The lowest BCUT2D eigenvalue weighted by molar-refractivity contribution is 0.0161. The van der Waals surface area contributed by atoms with Crippen LogP contribution >= 0.6 is 0 Å². The van der Waals surface area contributed by atoms with Crippen LogP contribution in [-0.2, 0) is 9.47 Å². The predicted octanol–water partition coefficient (Wildman–Crippen LogP) is 2.66. The molecule has 1 fully saturated rings. The van der Waals surface area contributed by atoms with Crippen LogP contribution in [-0.4, -0.2) is 25.9 Å². The molecule has 15 heavy (non-hydrogen) atoms. The largest absolute Gasteiger partial charge is 0.379 e. The highest BCUT2D eigenvalue weighted by Crippen LogP contribution is 2.12. The van der Waals surface area contributed by atoms with Gasteiger partial charge in [-0.05, 0) is 25.7 Å². The second kappa shape index (κ2) is 8.70. The van der Waals surface area contributed by atoms with Gasteiger partial charge in [0, 0.05) is 19.6 Å². The van der Waals surface area contributed by atoms with Crippen LogP contribution in [0.5, 0.6) is 0 Å². The molecule has 0 aromatic rings. The molecule has 1 atom stereocenters. The summed E-state index contributed by atoms with van der Waals surface area (Å²) in [5.74, 6) is 0. The third-order valence-electron chi connectivity index (χ3n) is 2.65. The Balaban J connectivity index is 1.75. The highest BCUT2D eigenvalue weighted by molar-refractivity contribution is 4.67. The monoisotopic (exact) mass is 211 g/mol. The van der Waals surface area contributed by atoms with Gasteiger partial charge in [-0.2, -0.15) is 5.26 Å². The molecule has 3 heteroatoms. The first kappa shape index (κ1) is 12.5. The van der Waals surface area contributed by atoms with Crippen molar-refractivity contribution >= 4 is 0 Å². The SMILES string of the molecule is N#CCCCCCCOCC1CCCO1. The van der Waals surface area contributed by atoms with Crippen molar-refractivity contribution in [1.29, 1.82) is 5.26 Å². The first-order chi connectivity index (χ1) is 7.43. The third-order valence-corrected chi connectivity index (χ3v) is 2.65. The van der Waals surface area contributed by atoms with Crippen LogP contribution in [0.15, 0.2) is 0 Å². The van der Waals surface area contributed by atoms with Crippen LogP contribution in [0.3, 0.4) is 0 Å². The minimum atomic E-state index is 0.351. The van der Waals surface area contributed by atoms with E-state index in [0.29, 0.717) is 12.5 Å². The Kier molecular flexibility index (Phi) is 7.24. The van der Waals surface area contributed by atoms with E-state index in [1.807, 2.05) is 0 Å². The summed E-state index contributed by atoms with van der Waals surface area (Å²) in [4.78, 5) is 0. The third kappa shape index (κ3) is 6.48. The molecule has 3 nitrogen and oxygen atoms in total. The van der Waals surface area contributed by atoms with Gasteiger partial charge in [0.1, 0.15) is 0 Å². The van der Waals surface area contributed by atoms with Crippen molar-refractivity contribution in [2.75, 3.05) is 19.8 Å². The Morgan fingerprint density at radius 3 is 2.87 bits per heavy atom. The maximum Gasteiger partial charge on any atom is 0.0809 e. The number of nitriles is 1. The summed E-state index contributed by atoms with van der Waals surface area (Å²) < 4.78 is 11.0. The number of unbranched alkanes of at least 4 members (excludes halogenated alkanes) is 4. The molecule has 1 rings (SSSR count). The van der Waals surface area contributed by atoms with E-state index in [9.17, 15) is 0 Å². The standard InChI is InChI=1S/C12H21NO2/c13-8-4-2-1-3-5-9-14-11-12-7-6-10-15-12/h12H,1-7,9-11H2. The fourth-order valence-electron chi connectivity index (χ4n) is 1.75. The maximum atomic E-state index is 8.34. The lowest BCUT2D eigenvalue weighted by Gasteiger charge is -2.09. The first-order valence-electron chi connectivity index (χ1n) is 6.00. The summed E-state index contributed by atoms with van der Waals surface area (Å²) in [6.07, 6.45) is 7.84. The fourth-order valence-corrected chi connectivity index (χ4v) is 1.75. The molecule has 1 unspecified atom stereocenters. The van der Waals surface area contributed by atoms with Gasteiger partial charge in [0.15, 0.2) is 0 Å². The normalized spacial score (nSPS) is 20.3. The molecule has 1 aliphatic rings. The van der Waals surface area contributed by atoms with E-state index < -0.39 is 0 Å². The summed E-state index contributed by atoms with van der Waals surface area (Å²) in [6.45, 7) is 2.51. The van der Waals surface area contributed by atoms with Crippen LogP contribution in [0.25, 0.3) is 0 Å². The average Bonchev–Trinajstić information content (AvgIpc) is 2.75. The Morgan fingerprint density at radius 2 is 2.13 bits per heavy atom. The number of hydrogen-bond acceptors (Lipinski definition) is 3. The molecule has 86 valence electrons. The van der Waals surface area contributed by atoms with Crippen molar-refractivity contribution in [2.24, 2.45) is 0 Å². The van der Waals surface area contributed by atoms with Gasteiger partial charge in [-0.25, -0.2) is 0 Å². The fraction of sp³-hybridized carbons (Fsp3) is 0.917. The van der Waals surface area contributed by atoms with Crippen LogP contribution in [0.2, 0.25) is 0 Å². The van der Waals surface area contributed by atoms with Crippen molar-refractivity contribution < 1.29 is 9.47 Å². The molecule has 0 spiro atoms. The molecule has 1 heterocycles. The van der Waals surface area contributed by atoms with Crippen LogP contribution in [0.1, 0.15) is 44.9 Å². The van der Waals surface area contributed by atoms with Gasteiger partial charge in [0.2, 0.25) is 0 Å². The molecule has 0 radical (unpaired) electrons. The Labute approximate surface area is 92.4 Å². The minimum Gasteiger partial charge on any atom is -0.379 e. The van der Waals surface area contributed by atoms with Gasteiger partial charge in [0.25, 0.3) is 0 Å². The molecule has 1 saturated heterocycles. The Morgan fingerprint density at radius 1 is 1.27 bits per heavy atom. The van der Waals surface area contributed by atoms with E-state index in [0.717, 1.165) is 45.5 Å².